The molecule has 2 unspecified atom stereocenters. The van der Waals surface area contributed by atoms with Crippen molar-refractivity contribution in [3.05, 3.63) is 0 Å². The van der Waals surface area contributed by atoms with Gasteiger partial charge >= 0.3 is 12.3 Å². The van der Waals surface area contributed by atoms with Crippen LogP contribution in [0.2, 0.25) is 0 Å². The van der Waals surface area contributed by atoms with Gasteiger partial charge < -0.3 is 20.3 Å². The Labute approximate surface area is 205 Å². The van der Waals surface area contributed by atoms with Crippen LogP contribution in [0.25, 0.3) is 0 Å². The molecule has 0 spiro atoms. The molecule has 1 fully saturated rings. The summed E-state index contributed by atoms with van der Waals surface area (Å²) in [6.07, 6.45) is -5.11. The van der Waals surface area contributed by atoms with Crippen molar-refractivity contribution in [1.82, 2.24) is 20.4 Å². The summed E-state index contributed by atoms with van der Waals surface area (Å²) in [6, 6.07) is -2.81. The number of nitrogens with zero attached hydrogens (tertiary/aromatic N) is 2. The summed E-state index contributed by atoms with van der Waals surface area (Å²) in [6.45, 7) is 11.3. The lowest BCUT2D eigenvalue weighted by Gasteiger charge is -2.37. The van der Waals surface area contributed by atoms with Gasteiger partial charge in [-0.1, -0.05) is 27.7 Å². The summed E-state index contributed by atoms with van der Waals surface area (Å²) >= 11 is 0. The zero-order valence-corrected chi connectivity index (χ0v) is 21.8. The van der Waals surface area contributed by atoms with E-state index in [2.05, 4.69) is 10.6 Å². The van der Waals surface area contributed by atoms with E-state index in [1.807, 2.05) is 4.90 Å². The molecule has 2 N–H and O–H groups in total. The molecule has 0 aromatic rings. The molecule has 1 aliphatic heterocycles. The minimum Gasteiger partial charge on any atom is -0.444 e. The predicted octanol–water partition coefficient (Wildman–Crippen LogP) is 2.69. The highest BCUT2D eigenvalue weighted by molar-refractivity contribution is 5.95. The van der Waals surface area contributed by atoms with Gasteiger partial charge in [0.25, 0.3) is 5.78 Å². The van der Waals surface area contributed by atoms with Crippen molar-refractivity contribution in [1.29, 1.82) is 0 Å². The number of likely N-dealkylation sites (tertiary alicyclic amines) is 1. The van der Waals surface area contributed by atoms with E-state index in [0.717, 1.165) is 6.42 Å². The van der Waals surface area contributed by atoms with Crippen molar-refractivity contribution in [3.63, 3.8) is 0 Å². The number of alkyl carbamates (subject to hydrolysis) is 1. The van der Waals surface area contributed by atoms with Crippen LogP contribution in [-0.2, 0) is 19.1 Å². The number of hydrogen-bond donors (Lipinski definition) is 2. The predicted molar refractivity (Wildman–Crippen MR) is 123 cm³/mol. The molecule has 35 heavy (non-hydrogen) atoms. The molecule has 0 saturated carbocycles. The van der Waals surface area contributed by atoms with E-state index < -0.39 is 66.2 Å². The number of ether oxygens (including phenoxy) is 1. The molecule has 0 aliphatic carbocycles. The fraction of sp³-hybridized carbons (Fsp3) is 0.826. The van der Waals surface area contributed by atoms with Gasteiger partial charge in [-0.25, -0.2) is 4.79 Å². The summed E-state index contributed by atoms with van der Waals surface area (Å²) in [7, 11) is 1.77. The Kier molecular flexibility index (Phi) is 10.6. The van der Waals surface area contributed by atoms with Gasteiger partial charge in [-0.2, -0.15) is 13.2 Å². The second-order valence-electron chi connectivity index (χ2n) is 10.6. The first-order chi connectivity index (χ1) is 15.8. The average Bonchev–Trinajstić information content (AvgIpc) is 3.10. The normalized spacial score (nSPS) is 18.8. The van der Waals surface area contributed by atoms with Crippen LogP contribution >= 0.6 is 0 Å². The van der Waals surface area contributed by atoms with E-state index in [9.17, 15) is 32.3 Å². The topological polar surface area (TPSA) is 108 Å². The molecule has 0 aromatic heterocycles. The number of alkyl halides is 3. The SMILES string of the molecule is CC(C)C(NC(=O)CN(C(=O)[C@@H](NC(=O)OC(C)(C)C)C(C)C)C1CCCN1C)C(=O)C(F)(F)F. The Morgan fingerprint density at radius 3 is 1.94 bits per heavy atom. The lowest BCUT2D eigenvalue weighted by atomic mass is 9.99. The van der Waals surface area contributed by atoms with Gasteiger partial charge in [-0.05, 0) is 59.0 Å². The number of hydrogen-bond acceptors (Lipinski definition) is 6. The molecular formula is C23H39F3N4O5. The van der Waals surface area contributed by atoms with E-state index in [-0.39, 0.29) is 5.92 Å². The summed E-state index contributed by atoms with van der Waals surface area (Å²) in [5, 5.41) is 4.71. The number of ketones is 1. The smallest absolute Gasteiger partial charge is 0.444 e. The molecule has 3 atom stereocenters. The van der Waals surface area contributed by atoms with Crippen molar-refractivity contribution in [3.8, 4) is 0 Å². The molecule has 12 heteroatoms. The molecule has 3 amide bonds. The molecule has 1 heterocycles. The maximum absolute atomic E-state index is 13.6. The standard InChI is InChI=1S/C23H39F3N4O5/c1-13(2)17(19(32)23(24,25)26)27-15(31)12-30(16-10-9-11-29(16)8)20(33)18(14(3)4)28-21(34)35-22(5,6)7/h13-14,16-18H,9-12H2,1-8H3,(H,27,31)(H,28,34)/t16?,17?,18-/m0/s1. The minimum absolute atomic E-state index is 0.373. The average molecular weight is 509 g/mol. The number of rotatable bonds is 9. The lowest BCUT2D eigenvalue weighted by molar-refractivity contribution is -0.175. The Morgan fingerprint density at radius 2 is 1.54 bits per heavy atom. The van der Waals surface area contributed by atoms with Crippen LogP contribution in [0.1, 0.15) is 61.3 Å². The number of amides is 3. The van der Waals surface area contributed by atoms with Crippen molar-refractivity contribution >= 4 is 23.7 Å². The van der Waals surface area contributed by atoms with Gasteiger partial charge in [0.15, 0.2) is 0 Å². The Hall–Kier alpha value is -2.37. The van der Waals surface area contributed by atoms with E-state index in [4.69, 9.17) is 4.74 Å². The van der Waals surface area contributed by atoms with Gasteiger partial charge in [-0.15, -0.1) is 0 Å². The number of Topliss-reactive ketones (excluding diaryl/α,β-unsaturated/α-hetero) is 1. The van der Waals surface area contributed by atoms with Crippen LogP contribution < -0.4 is 10.6 Å². The molecule has 1 rings (SSSR count). The quantitative estimate of drug-likeness (QED) is 0.496. The third-order valence-corrected chi connectivity index (χ3v) is 5.59. The minimum atomic E-state index is -5.11. The van der Waals surface area contributed by atoms with Gasteiger partial charge in [0.05, 0.1) is 12.2 Å². The largest absolute Gasteiger partial charge is 0.452 e. The zero-order chi connectivity index (χ0) is 27.3. The van der Waals surface area contributed by atoms with Gasteiger partial charge in [0, 0.05) is 0 Å². The van der Waals surface area contributed by atoms with E-state index in [0.29, 0.717) is 13.0 Å². The van der Waals surface area contributed by atoms with Crippen LogP contribution in [0.15, 0.2) is 0 Å². The fourth-order valence-corrected chi connectivity index (χ4v) is 3.83. The second-order valence-corrected chi connectivity index (χ2v) is 10.6. The second kappa shape index (κ2) is 12.0. The Balaban J connectivity index is 3.16. The zero-order valence-electron chi connectivity index (χ0n) is 21.8. The van der Waals surface area contributed by atoms with Crippen molar-refractivity contribution < 1.29 is 37.1 Å². The maximum atomic E-state index is 13.6. The van der Waals surface area contributed by atoms with E-state index in [1.165, 1.54) is 18.7 Å². The van der Waals surface area contributed by atoms with E-state index in [1.54, 1.807) is 41.7 Å². The molecule has 202 valence electrons. The van der Waals surface area contributed by atoms with Gasteiger partial charge in [0.2, 0.25) is 11.8 Å². The molecule has 0 radical (unpaired) electrons. The highest BCUT2D eigenvalue weighted by Crippen LogP contribution is 2.23. The van der Waals surface area contributed by atoms with Crippen LogP contribution in [-0.4, -0.2) is 83.7 Å². The van der Waals surface area contributed by atoms with Crippen LogP contribution in [0.5, 0.6) is 0 Å². The van der Waals surface area contributed by atoms with E-state index >= 15 is 0 Å². The first kappa shape index (κ1) is 30.7. The summed E-state index contributed by atoms with van der Waals surface area (Å²) in [5.41, 5.74) is -0.795. The number of carbonyl (C=O) groups excluding carboxylic acids is 4. The number of nitrogens with one attached hydrogen (secondary N) is 2. The monoisotopic (exact) mass is 508 g/mol. The van der Waals surface area contributed by atoms with Crippen LogP contribution in [0.3, 0.4) is 0 Å². The maximum Gasteiger partial charge on any atom is 0.452 e. The summed E-state index contributed by atoms with van der Waals surface area (Å²) in [4.78, 5) is 53.7. The molecule has 1 saturated heterocycles. The lowest BCUT2D eigenvalue weighted by Crippen LogP contribution is -2.59. The number of carbonyl (C=O) groups is 4. The first-order valence-electron chi connectivity index (χ1n) is 11.8. The molecule has 1 aliphatic rings. The summed E-state index contributed by atoms with van der Waals surface area (Å²) < 4.78 is 44.3. The number of halogens is 3. The molecule has 9 nitrogen and oxygen atoms in total. The van der Waals surface area contributed by atoms with Crippen molar-refractivity contribution in [2.24, 2.45) is 11.8 Å². The fourth-order valence-electron chi connectivity index (χ4n) is 3.83. The third-order valence-electron chi connectivity index (χ3n) is 5.59. The highest BCUT2D eigenvalue weighted by Gasteiger charge is 2.45. The Bertz CT molecular complexity index is 780. The highest BCUT2D eigenvalue weighted by atomic mass is 19.4. The van der Waals surface area contributed by atoms with Gasteiger partial charge in [0.1, 0.15) is 18.2 Å². The molecule has 0 aromatic carbocycles. The van der Waals surface area contributed by atoms with Crippen molar-refractivity contribution in [2.75, 3.05) is 20.1 Å². The van der Waals surface area contributed by atoms with Crippen LogP contribution in [0.4, 0.5) is 18.0 Å². The van der Waals surface area contributed by atoms with Crippen molar-refractivity contribution in [2.45, 2.75) is 91.3 Å². The molecular weight excluding hydrogens is 469 g/mol. The third kappa shape index (κ3) is 9.30. The molecule has 0 bridgehead atoms. The van der Waals surface area contributed by atoms with Crippen LogP contribution in [0, 0.1) is 11.8 Å². The summed E-state index contributed by atoms with van der Waals surface area (Å²) in [5.74, 6) is -4.70. The Morgan fingerprint density at radius 1 is 1.00 bits per heavy atom. The van der Waals surface area contributed by atoms with Gasteiger partial charge in [-0.3, -0.25) is 19.3 Å². The first-order valence-corrected chi connectivity index (χ1v) is 11.8.